The number of ketones is 2. The summed E-state index contributed by atoms with van der Waals surface area (Å²) in [6, 6.07) is 2.07. The Morgan fingerprint density at radius 1 is 0.589 bits per heavy atom. The van der Waals surface area contributed by atoms with E-state index >= 15 is 0 Å². The Balaban J connectivity index is 2.67. The smallest absolute Gasteiger partial charge is 0.243 e. The molecular formula is C53H91N11O9. The van der Waals surface area contributed by atoms with Crippen LogP contribution in [0.15, 0.2) is 30.3 Å². The van der Waals surface area contributed by atoms with Crippen LogP contribution in [0.5, 0.6) is 0 Å². The van der Waals surface area contributed by atoms with Crippen LogP contribution < -0.4 is 60.2 Å². The van der Waals surface area contributed by atoms with Gasteiger partial charge in [-0.2, -0.15) is 0 Å². The minimum Gasteiger partial charge on any atom is -0.354 e. The highest BCUT2D eigenvalue weighted by atomic mass is 16.2. The van der Waals surface area contributed by atoms with Crippen LogP contribution in [0.25, 0.3) is 0 Å². The third-order valence-electron chi connectivity index (χ3n) is 13.0. The summed E-state index contributed by atoms with van der Waals surface area (Å²) in [7, 11) is 0. The fraction of sp³-hybridized carbons (Fsp3) is 0.717. The molecule has 0 bridgehead atoms. The summed E-state index contributed by atoms with van der Waals surface area (Å²) in [5, 5.41) is 19.4. The summed E-state index contributed by atoms with van der Waals surface area (Å²) in [4.78, 5) is 126. The van der Waals surface area contributed by atoms with Gasteiger partial charge in [0.25, 0.3) is 0 Å². The van der Waals surface area contributed by atoms with Crippen molar-refractivity contribution in [2.45, 2.75) is 186 Å². The first-order chi connectivity index (χ1) is 34.9. The van der Waals surface area contributed by atoms with Gasteiger partial charge in [-0.25, -0.2) is 0 Å². The molecule has 7 amide bonds. The number of hydrogen-bond donors (Lipinski definition) is 11. The molecule has 0 saturated carbocycles. The number of Topliss-reactive ketones (excluding diaryl/α,β-unsaturated/α-hetero) is 2. The third kappa shape index (κ3) is 25.0. The minimum atomic E-state index is -1.23. The molecule has 0 aliphatic carbocycles. The molecule has 2 rings (SSSR count). The van der Waals surface area contributed by atoms with Crippen molar-refractivity contribution in [3.8, 4) is 0 Å². The molecule has 1 aliphatic heterocycles. The van der Waals surface area contributed by atoms with Crippen LogP contribution >= 0.6 is 0 Å². The Morgan fingerprint density at radius 2 is 1.07 bits per heavy atom. The molecule has 1 heterocycles. The van der Waals surface area contributed by atoms with Crippen LogP contribution in [0.1, 0.15) is 149 Å². The first kappa shape index (κ1) is 63.8. The van der Waals surface area contributed by atoms with Gasteiger partial charge < -0.3 is 60.2 Å². The number of unbranched alkanes of at least 4 members (excludes halogenated alkanes) is 6. The first-order valence-electron chi connectivity index (χ1n) is 26.9. The molecule has 73 heavy (non-hydrogen) atoms. The molecule has 1 fully saturated rings. The van der Waals surface area contributed by atoms with Gasteiger partial charge >= 0.3 is 0 Å². The van der Waals surface area contributed by atoms with Gasteiger partial charge in [0.1, 0.15) is 24.2 Å². The van der Waals surface area contributed by atoms with Gasteiger partial charge in [0.05, 0.1) is 12.1 Å². The molecular weight excluding hydrogens is 935 g/mol. The van der Waals surface area contributed by atoms with E-state index in [1.165, 1.54) is 6.42 Å². The Morgan fingerprint density at radius 3 is 1.62 bits per heavy atom. The van der Waals surface area contributed by atoms with Crippen molar-refractivity contribution in [2.24, 2.45) is 46.6 Å². The molecule has 0 spiro atoms. The Bertz CT molecular complexity index is 1890. The quantitative estimate of drug-likeness (QED) is 0.0586. The molecule has 20 nitrogen and oxygen atoms in total. The van der Waals surface area contributed by atoms with Gasteiger partial charge in [0, 0.05) is 37.6 Å². The average molecular weight is 1030 g/mol. The molecule has 0 unspecified atom stereocenters. The predicted octanol–water partition coefficient (Wildman–Crippen LogP) is 1.44. The highest BCUT2D eigenvalue weighted by Crippen LogP contribution is 2.20. The number of carbonyl (C=O) groups excluding carboxylic acids is 9. The number of nitrogens with one attached hydrogen (secondary N) is 7. The van der Waals surface area contributed by atoms with Gasteiger partial charge in [0.15, 0.2) is 11.6 Å². The second-order valence-corrected chi connectivity index (χ2v) is 20.4. The van der Waals surface area contributed by atoms with Crippen molar-refractivity contribution in [1.82, 2.24) is 37.2 Å². The van der Waals surface area contributed by atoms with Crippen molar-refractivity contribution >= 4 is 52.9 Å². The van der Waals surface area contributed by atoms with E-state index in [-0.39, 0.29) is 121 Å². The monoisotopic (exact) mass is 1030 g/mol. The molecule has 15 N–H and O–H groups in total. The summed E-state index contributed by atoms with van der Waals surface area (Å²) < 4.78 is 0. The highest BCUT2D eigenvalue weighted by Gasteiger charge is 2.36. The lowest BCUT2D eigenvalue weighted by atomic mass is 9.89. The molecule has 412 valence electrons. The summed E-state index contributed by atoms with van der Waals surface area (Å²) in [5.41, 5.74) is 24.5. The lowest BCUT2D eigenvalue weighted by Gasteiger charge is -2.28. The van der Waals surface area contributed by atoms with Crippen LogP contribution in [0, 0.1) is 23.7 Å². The van der Waals surface area contributed by atoms with Crippen molar-refractivity contribution in [3.63, 3.8) is 0 Å². The van der Waals surface area contributed by atoms with E-state index in [1.807, 2.05) is 33.8 Å². The number of amides is 7. The zero-order chi connectivity index (χ0) is 54.3. The lowest BCUT2D eigenvalue weighted by molar-refractivity contribution is -0.136. The van der Waals surface area contributed by atoms with Crippen molar-refractivity contribution in [2.75, 3.05) is 32.7 Å². The predicted molar refractivity (Wildman–Crippen MR) is 282 cm³/mol. The molecule has 1 saturated heterocycles. The number of rotatable bonds is 26. The van der Waals surface area contributed by atoms with E-state index in [0.717, 1.165) is 37.7 Å². The van der Waals surface area contributed by atoms with E-state index in [9.17, 15) is 43.2 Å². The van der Waals surface area contributed by atoms with E-state index in [4.69, 9.17) is 22.9 Å². The molecule has 0 aromatic heterocycles. The molecule has 1 aliphatic rings. The first-order valence-corrected chi connectivity index (χ1v) is 26.9. The van der Waals surface area contributed by atoms with Crippen LogP contribution in [0.3, 0.4) is 0 Å². The lowest BCUT2D eigenvalue weighted by Crippen LogP contribution is -2.59. The number of nitrogens with two attached hydrogens (primary N) is 4. The topological polar surface area (TPSA) is 342 Å². The summed E-state index contributed by atoms with van der Waals surface area (Å²) >= 11 is 0. The van der Waals surface area contributed by atoms with Gasteiger partial charge in [-0.3, -0.25) is 43.2 Å². The van der Waals surface area contributed by atoms with Crippen LogP contribution in [-0.2, 0) is 49.6 Å². The molecule has 20 heteroatoms. The Labute approximate surface area is 433 Å². The molecule has 8 atom stereocenters. The SMILES string of the molecule is CCCCCCCCCC(=O)N[C@H](CCN)C(=O)C[C@H]1CCNC(=O)[C@H](CC(C)C)NC(=O)[C@H](CCN)NC(=O)[C@H](CCN)NC(=O)[C@H](CC(C)C)NC(=O)[C@@H](Cc2ccccc2)CC(=O)[C@H](CCN)NC1=O. The zero-order valence-corrected chi connectivity index (χ0v) is 44.4. The largest absolute Gasteiger partial charge is 0.354 e. The fourth-order valence-electron chi connectivity index (χ4n) is 8.89. The number of carbonyl (C=O) groups is 9. The normalized spacial score (nSPS) is 22.9. The maximum Gasteiger partial charge on any atom is 0.243 e. The summed E-state index contributed by atoms with van der Waals surface area (Å²) in [6.45, 7) is 9.43. The second-order valence-electron chi connectivity index (χ2n) is 20.4. The number of benzene rings is 1. The minimum absolute atomic E-state index is 0.0170. The van der Waals surface area contributed by atoms with Crippen molar-refractivity contribution in [3.05, 3.63) is 35.9 Å². The maximum atomic E-state index is 14.5. The van der Waals surface area contributed by atoms with Crippen LogP contribution in [0.4, 0.5) is 0 Å². The van der Waals surface area contributed by atoms with Crippen LogP contribution in [0.2, 0.25) is 0 Å². The Kier molecular flexibility index (Phi) is 31.3. The molecule has 1 aromatic rings. The molecule has 0 radical (unpaired) electrons. The average Bonchev–Trinajstić information content (AvgIpc) is 3.34. The van der Waals surface area contributed by atoms with E-state index in [2.05, 4.69) is 44.1 Å². The van der Waals surface area contributed by atoms with E-state index in [1.54, 1.807) is 24.3 Å². The van der Waals surface area contributed by atoms with Crippen molar-refractivity contribution < 1.29 is 43.2 Å². The van der Waals surface area contributed by atoms with Crippen molar-refractivity contribution in [1.29, 1.82) is 0 Å². The summed E-state index contributed by atoms with van der Waals surface area (Å²) in [6.07, 6.45) is 6.91. The van der Waals surface area contributed by atoms with Gasteiger partial charge in [-0.1, -0.05) is 103 Å². The maximum absolute atomic E-state index is 14.5. The fourth-order valence-corrected chi connectivity index (χ4v) is 8.89. The van der Waals surface area contributed by atoms with E-state index < -0.39 is 95.1 Å². The van der Waals surface area contributed by atoms with E-state index in [0.29, 0.717) is 6.42 Å². The summed E-state index contributed by atoms with van der Waals surface area (Å²) in [5.74, 6) is -7.71. The highest BCUT2D eigenvalue weighted by molar-refractivity contribution is 5.98. The molecule has 1 aromatic carbocycles. The second kappa shape index (κ2) is 35.8. The third-order valence-corrected chi connectivity index (χ3v) is 13.0. The Hall–Kier alpha value is -5.31. The van der Waals surface area contributed by atoms with Gasteiger partial charge in [-0.05, 0) is 101 Å². The standard InChI is InChI=1S/C53H91N11O9/c1-6-7-8-9-10-11-15-18-47(67)59-39(19-24-54)45(65)32-37-23-28-58-50(70)43(29-34(2)3)64-52(72)42(22-27-57)61-51(71)41(21-26-56)62-53(73)44(30-35(4)5)63-49(69)38(31-36-16-13-12-14-17-36)33-46(66)40(20-25-55)60-48(37)68/h12-14,16-17,34-35,37-44H,6-11,15,18-33,54-57H2,1-5H3,(H,58,70)(H,59,67)(H,60,68)(H,61,71)(H,62,73)(H,63,69)(H,64,72)/t37-,38+,39-,40+,41+,42+,43+,44+/m1/s1. The van der Waals surface area contributed by atoms with Crippen LogP contribution in [-0.4, -0.2) is 122 Å². The van der Waals surface area contributed by atoms with Gasteiger partial charge in [-0.15, -0.1) is 0 Å². The zero-order valence-electron chi connectivity index (χ0n) is 44.4. The number of hydrogen-bond acceptors (Lipinski definition) is 13. The van der Waals surface area contributed by atoms with Gasteiger partial charge in [0.2, 0.25) is 41.4 Å².